The number of anilines is 1. The number of nitrogens with two attached hydrogens (primary N) is 1. The fourth-order valence-electron chi connectivity index (χ4n) is 3.81. The summed E-state index contributed by atoms with van der Waals surface area (Å²) in [6.45, 7) is 6.51. The van der Waals surface area contributed by atoms with Gasteiger partial charge in [0.1, 0.15) is 16.9 Å². The smallest absolute Gasteiger partial charge is 0.274 e. The number of rotatable bonds is 5. The van der Waals surface area contributed by atoms with Crippen LogP contribution >= 0.6 is 0 Å². The number of nitrogens with zero attached hydrogens (tertiary/aromatic N) is 4. The Hall–Kier alpha value is -3.86. The number of halogens is 2. The van der Waals surface area contributed by atoms with Gasteiger partial charge in [-0.15, -0.1) is 0 Å². The molecule has 0 atom stereocenters. The quantitative estimate of drug-likeness (QED) is 0.471. The van der Waals surface area contributed by atoms with Crippen LogP contribution in [0.15, 0.2) is 35.3 Å². The SMILES string of the molecule is CC.CNC(=O)c1ccc(N2CCN(Cc3ccc4nc(/C=C\N)c(=O)[nH]c4c3F)CC2)c(F)n1.[HH].[HH]. The number of H-pyrrole nitrogens is 1. The summed E-state index contributed by atoms with van der Waals surface area (Å²) >= 11 is 0. The lowest BCUT2D eigenvalue weighted by molar-refractivity contribution is 0.0957. The highest BCUT2D eigenvalue weighted by molar-refractivity contribution is 5.92. The first-order valence-electron chi connectivity index (χ1n) is 11.4. The second-order valence-electron chi connectivity index (χ2n) is 7.59. The molecule has 35 heavy (non-hydrogen) atoms. The van der Waals surface area contributed by atoms with Crippen molar-refractivity contribution in [2.45, 2.75) is 20.4 Å². The molecule has 1 aliphatic heterocycles. The van der Waals surface area contributed by atoms with Gasteiger partial charge in [-0.2, -0.15) is 4.39 Å². The van der Waals surface area contributed by atoms with Crippen LogP contribution in [0, 0.1) is 11.8 Å². The lowest BCUT2D eigenvalue weighted by Crippen LogP contribution is -2.46. The Labute approximate surface area is 204 Å². The number of aromatic amines is 1. The average Bonchev–Trinajstić information content (AvgIpc) is 2.88. The van der Waals surface area contributed by atoms with E-state index < -0.39 is 23.2 Å². The maximum atomic E-state index is 15.1. The van der Waals surface area contributed by atoms with Crippen LogP contribution < -0.4 is 21.5 Å². The summed E-state index contributed by atoms with van der Waals surface area (Å²) < 4.78 is 29.5. The van der Waals surface area contributed by atoms with Gasteiger partial charge < -0.3 is 20.9 Å². The number of fused-ring (bicyclic) bond motifs is 1. The highest BCUT2D eigenvalue weighted by Gasteiger charge is 2.22. The van der Waals surface area contributed by atoms with Gasteiger partial charge in [-0.1, -0.05) is 19.9 Å². The summed E-state index contributed by atoms with van der Waals surface area (Å²) in [5.41, 5.74) is 6.05. The molecule has 4 N–H and O–H groups in total. The number of aromatic nitrogens is 3. The van der Waals surface area contributed by atoms with Crippen LogP contribution in [-0.2, 0) is 6.54 Å². The Bertz CT molecular complexity index is 1300. The molecule has 0 spiro atoms. The van der Waals surface area contributed by atoms with E-state index in [1.807, 2.05) is 23.6 Å². The molecule has 3 heterocycles. The van der Waals surface area contributed by atoms with Crippen molar-refractivity contribution < 1.29 is 16.4 Å². The summed E-state index contributed by atoms with van der Waals surface area (Å²) in [5, 5.41) is 2.41. The molecule has 1 saturated heterocycles. The monoisotopic (exact) mass is 489 g/mol. The van der Waals surface area contributed by atoms with Gasteiger partial charge in [0.15, 0.2) is 5.82 Å². The molecule has 11 heteroatoms. The van der Waals surface area contributed by atoms with E-state index in [9.17, 15) is 14.0 Å². The number of amides is 1. The number of hydrogen-bond donors (Lipinski definition) is 3. The number of carbonyl (C=O) groups excluding carboxylic acids is 1. The number of piperazine rings is 1. The third-order valence-corrected chi connectivity index (χ3v) is 5.56. The van der Waals surface area contributed by atoms with Gasteiger partial charge in [0.2, 0.25) is 5.95 Å². The molecule has 190 valence electrons. The van der Waals surface area contributed by atoms with Crippen LogP contribution in [0.3, 0.4) is 0 Å². The van der Waals surface area contributed by atoms with Gasteiger partial charge in [0.05, 0.1) is 11.2 Å². The van der Waals surface area contributed by atoms with Crippen LogP contribution in [-0.4, -0.2) is 59.0 Å². The first kappa shape index (κ1) is 25.8. The molecule has 1 aliphatic rings. The predicted octanol–water partition coefficient (Wildman–Crippen LogP) is 2.73. The first-order chi connectivity index (χ1) is 16.9. The van der Waals surface area contributed by atoms with E-state index in [2.05, 4.69) is 20.3 Å². The minimum atomic E-state index is -0.703. The van der Waals surface area contributed by atoms with Crippen molar-refractivity contribution in [1.82, 2.24) is 25.2 Å². The van der Waals surface area contributed by atoms with Crippen molar-refractivity contribution in [3.63, 3.8) is 0 Å². The third kappa shape index (κ3) is 5.62. The van der Waals surface area contributed by atoms with Crippen LogP contribution in [0.2, 0.25) is 0 Å². The number of nitrogens with one attached hydrogen (secondary N) is 2. The van der Waals surface area contributed by atoms with Crippen molar-refractivity contribution >= 4 is 28.7 Å². The minimum absolute atomic E-state index is 0. The molecule has 1 fully saturated rings. The van der Waals surface area contributed by atoms with Crippen LogP contribution in [0.1, 0.15) is 38.4 Å². The summed E-state index contributed by atoms with van der Waals surface area (Å²) in [5.74, 6) is -1.68. The van der Waals surface area contributed by atoms with Crippen molar-refractivity contribution in [3.8, 4) is 0 Å². The molecule has 1 aromatic carbocycles. The van der Waals surface area contributed by atoms with Gasteiger partial charge in [-0.05, 0) is 30.5 Å². The molecule has 0 saturated carbocycles. The Morgan fingerprint density at radius 1 is 1.17 bits per heavy atom. The first-order valence-corrected chi connectivity index (χ1v) is 11.4. The fourth-order valence-corrected chi connectivity index (χ4v) is 3.81. The second-order valence-corrected chi connectivity index (χ2v) is 7.59. The molecule has 2 aromatic heterocycles. The standard InChI is InChI=1S/C22H23F2N7O2.C2H6.2H2/c1-26-21(32)15-4-5-17(20(24)28-15)31-10-8-30(9-11-31)12-13-2-3-14-19(18(13)23)29-22(33)16(27-14)6-7-25;1-2;;/h2-7H,8-12,25H2,1H3,(H,26,32)(H,29,33);1-2H3;2*1H/b7-6-;;;. The Morgan fingerprint density at radius 3 is 2.51 bits per heavy atom. The van der Waals surface area contributed by atoms with Crippen LogP contribution in [0.5, 0.6) is 0 Å². The third-order valence-electron chi connectivity index (χ3n) is 5.56. The van der Waals surface area contributed by atoms with E-state index >= 15 is 4.39 Å². The van der Waals surface area contributed by atoms with Crippen molar-refractivity contribution in [3.05, 3.63) is 69.5 Å². The topological polar surface area (TPSA) is 120 Å². The van der Waals surface area contributed by atoms with Crippen molar-refractivity contribution in [1.29, 1.82) is 0 Å². The average molecular weight is 490 g/mol. The number of benzene rings is 1. The van der Waals surface area contributed by atoms with Crippen molar-refractivity contribution in [2.24, 2.45) is 5.73 Å². The van der Waals surface area contributed by atoms with E-state index in [1.165, 1.54) is 25.4 Å². The summed E-state index contributed by atoms with van der Waals surface area (Å²) in [6, 6.07) is 6.33. The van der Waals surface area contributed by atoms with E-state index in [0.717, 1.165) is 0 Å². The molecule has 0 unspecified atom stereocenters. The molecule has 3 aromatic rings. The summed E-state index contributed by atoms with van der Waals surface area (Å²) in [4.78, 5) is 38.0. The molecular formula is C24H33F2N7O2. The highest BCUT2D eigenvalue weighted by Crippen LogP contribution is 2.22. The normalized spacial score (nSPS) is 14.1. The fraction of sp³-hybridized carbons (Fsp3) is 0.333. The largest absolute Gasteiger partial charge is 0.405 e. The van der Waals surface area contributed by atoms with Gasteiger partial charge in [0.25, 0.3) is 11.5 Å². The number of hydrogen-bond acceptors (Lipinski definition) is 7. The van der Waals surface area contributed by atoms with E-state index in [4.69, 9.17) is 5.73 Å². The predicted molar refractivity (Wildman–Crippen MR) is 136 cm³/mol. The van der Waals surface area contributed by atoms with Gasteiger partial charge >= 0.3 is 0 Å². The molecule has 4 rings (SSSR count). The number of carbonyl (C=O) groups is 1. The number of pyridine rings is 1. The van der Waals surface area contributed by atoms with Crippen molar-refractivity contribution in [2.75, 3.05) is 38.1 Å². The lowest BCUT2D eigenvalue weighted by Gasteiger charge is -2.36. The zero-order valence-electron chi connectivity index (χ0n) is 19.9. The molecule has 0 radical (unpaired) electrons. The molecule has 0 aliphatic carbocycles. The van der Waals surface area contributed by atoms with Gasteiger partial charge in [0, 0.05) is 48.2 Å². The van der Waals surface area contributed by atoms with Gasteiger partial charge in [-0.25, -0.2) is 14.4 Å². The maximum absolute atomic E-state index is 15.1. The van der Waals surface area contributed by atoms with Crippen LogP contribution in [0.25, 0.3) is 17.1 Å². The van der Waals surface area contributed by atoms with Gasteiger partial charge in [-0.3, -0.25) is 14.5 Å². The lowest BCUT2D eigenvalue weighted by atomic mass is 10.1. The highest BCUT2D eigenvalue weighted by atomic mass is 19.1. The second kappa shape index (κ2) is 11.5. The summed E-state index contributed by atoms with van der Waals surface area (Å²) in [6.07, 6.45) is 2.56. The Kier molecular flexibility index (Phi) is 8.48. The van der Waals surface area contributed by atoms with E-state index in [0.29, 0.717) is 49.5 Å². The molecular weight excluding hydrogens is 456 g/mol. The van der Waals surface area contributed by atoms with E-state index in [1.54, 1.807) is 18.2 Å². The zero-order valence-corrected chi connectivity index (χ0v) is 19.9. The zero-order chi connectivity index (χ0) is 25.5. The van der Waals surface area contributed by atoms with E-state index in [-0.39, 0.29) is 19.8 Å². The molecule has 1 amide bonds. The molecule has 0 bridgehead atoms. The Balaban J connectivity index is 0.00000167. The maximum Gasteiger partial charge on any atom is 0.274 e. The summed E-state index contributed by atoms with van der Waals surface area (Å²) in [7, 11) is 1.46. The minimum Gasteiger partial charge on any atom is -0.405 e. The molecule has 9 nitrogen and oxygen atoms in total. The van der Waals surface area contributed by atoms with Crippen LogP contribution in [0.4, 0.5) is 14.5 Å². The Morgan fingerprint density at radius 2 is 1.89 bits per heavy atom.